The number of nitrogens with one attached hydrogen (secondary N) is 1. The molecule has 0 saturated heterocycles. The first kappa shape index (κ1) is 16.9. The lowest BCUT2D eigenvalue weighted by Gasteiger charge is -2.07. The van der Waals surface area contributed by atoms with E-state index in [1.165, 1.54) is 6.33 Å². The van der Waals surface area contributed by atoms with Gasteiger partial charge in [0.25, 0.3) is 0 Å². The summed E-state index contributed by atoms with van der Waals surface area (Å²) in [6.07, 6.45) is -0.453. The van der Waals surface area contributed by atoms with Gasteiger partial charge < -0.3 is 9.72 Å². The third kappa shape index (κ3) is 4.14. The van der Waals surface area contributed by atoms with Crippen molar-refractivity contribution in [2.24, 2.45) is 4.99 Å². The highest BCUT2D eigenvalue weighted by molar-refractivity contribution is 5.85. The van der Waals surface area contributed by atoms with E-state index in [1.807, 2.05) is 0 Å². The topological polar surface area (TPSA) is 50.3 Å². The van der Waals surface area contributed by atoms with Crippen LogP contribution in [-0.2, 0) is 0 Å². The zero-order valence-corrected chi connectivity index (χ0v) is 12.8. The fourth-order valence-electron chi connectivity index (χ4n) is 2.18. The van der Waals surface area contributed by atoms with E-state index in [2.05, 4.69) is 15.0 Å². The van der Waals surface area contributed by atoms with Crippen molar-refractivity contribution in [3.8, 4) is 5.75 Å². The van der Waals surface area contributed by atoms with Crippen LogP contribution >= 0.6 is 0 Å². The van der Waals surface area contributed by atoms with Gasteiger partial charge in [0.15, 0.2) is 0 Å². The summed E-state index contributed by atoms with van der Waals surface area (Å²) in [6, 6.07) is 6.96. The Morgan fingerprint density at radius 1 is 1.16 bits per heavy atom. The Morgan fingerprint density at radius 3 is 2.64 bits per heavy atom. The fraction of sp³-hybridized carbons (Fsp3) is 0.176. The Kier molecular flexibility index (Phi) is 4.97. The summed E-state index contributed by atoms with van der Waals surface area (Å²) < 4.78 is 57.1. The predicted octanol–water partition coefficient (Wildman–Crippen LogP) is 4.63. The molecule has 1 N–H and O–H groups in total. The molecule has 130 valence electrons. The summed E-state index contributed by atoms with van der Waals surface area (Å²) in [7, 11) is 0. The maximum atomic E-state index is 14.0. The molecule has 2 aromatic carbocycles. The second-order valence-corrected chi connectivity index (χ2v) is 5.19. The molecule has 0 unspecified atom stereocenters. The lowest BCUT2D eigenvalue weighted by molar-refractivity contribution is 0.114. The Balaban J connectivity index is 1.77. The fourth-order valence-corrected chi connectivity index (χ4v) is 2.18. The molecular weight excluding hydrogens is 338 g/mol. The van der Waals surface area contributed by atoms with E-state index in [1.54, 1.807) is 18.2 Å². The molecule has 0 spiro atoms. The largest absolute Gasteiger partial charge is 0.493 e. The number of aromatic amines is 1. The third-order valence-electron chi connectivity index (χ3n) is 3.40. The summed E-state index contributed by atoms with van der Waals surface area (Å²) in [6.45, 7) is -0.325. The molecular formula is C17H13F4N3O. The molecule has 0 saturated carbocycles. The maximum absolute atomic E-state index is 14.0. The highest BCUT2D eigenvalue weighted by Crippen LogP contribution is 2.22. The van der Waals surface area contributed by atoms with Crippen molar-refractivity contribution in [2.45, 2.75) is 12.8 Å². The number of benzene rings is 2. The van der Waals surface area contributed by atoms with Gasteiger partial charge in [0.1, 0.15) is 17.4 Å². The van der Waals surface area contributed by atoms with Gasteiger partial charge in [-0.05, 0) is 18.2 Å². The Morgan fingerprint density at radius 2 is 1.92 bits per heavy atom. The number of aliphatic imine (C=N–C) groups is 1. The van der Waals surface area contributed by atoms with Gasteiger partial charge in [-0.25, -0.2) is 22.5 Å². The van der Waals surface area contributed by atoms with Gasteiger partial charge >= 0.3 is 0 Å². The van der Waals surface area contributed by atoms with Crippen LogP contribution in [0.25, 0.3) is 11.0 Å². The summed E-state index contributed by atoms with van der Waals surface area (Å²) in [5, 5.41) is 0. The zero-order chi connectivity index (χ0) is 17.8. The predicted molar refractivity (Wildman–Crippen MR) is 85.8 cm³/mol. The molecule has 0 atom stereocenters. The van der Waals surface area contributed by atoms with Crippen molar-refractivity contribution in [1.29, 1.82) is 0 Å². The average Bonchev–Trinajstić information content (AvgIpc) is 3.01. The quantitative estimate of drug-likeness (QED) is 0.520. The van der Waals surface area contributed by atoms with Crippen molar-refractivity contribution < 1.29 is 22.3 Å². The van der Waals surface area contributed by atoms with Crippen LogP contribution in [-0.4, -0.2) is 29.2 Å². The van der Waals surface area contributed by atoms with Crippen molar-refractivity contribution in [2.75, 3.05) is 6.61 Å². The minimum absolute atomic E-state index is 0.147. The van der Waals surface area contributed by atoms with Crippen LogP contribution in [0.2, 0.25) is 0 Å². The van der Waals surface area contributed by atoms with Gasteiger partial charge in [-0.15, -0.1) is 0 Å². The molecule has 4 nitrogen and oxygen atoms in total. The highest BCUT2D eigenvalue weighted by Gasteiger charge is 2.11. The van der Waals surface area contributed by atoms with Gasteiger partial charge in [0.2, 0.25) is 6.43 Å². The minimum atomic E-state index is -2.53. The number of rotatable bonds is 6. The molecule has 1 heterocycles. The van der Waals surface area contributed by atoms with Gasteiger partial charge in [-0.2, -0.15) is 0 Å². The van der Waals surface area contributed by atoms with E-state index in [0.717, 1.165) is 29.4 Å². The van der Waals surface area contributed by atoms with Gasteiger partial charge in [-0.3, -0.25) is 4.99 Å². The number of imidazole rings is 1. The van der Waals surface area contributed by atoms with Crippen LogP contribution in [0.3, 0.4) is 0 Å². The maximum Gasteiger partial charge on any atom is 0.241 e. The molecule has 0 aliphatic heterocycles. The minimum Gasteiger partial charge on any atom is -0.493 e. The first-order chi connectivity index (χ1) is 12.0. The molecule has 3 rings (SSSR count). The van der Waals surface area contributed by atoms with E-state index in [4.69, 9.17) is 4.74 Å². The average molecular weight is 351 g/mol. The van der Waals surface area contributed by atoms with Crippen LogP contribution in [0, 0.1) is 11.6 Å². The molecule has 0 aliphatic rings. The lowest BCUT2D eigenvalue weighted by atomic mass is 10.2. The SMILES string of the molecule is Fc1cc(OCCC(F)F)cc(F)c1C=Nc1ccc2nc[nH]c2c1. The number of H-pyrrole nitrogens is 1. The van der Waals surface area contributed by atoms with E-state index < -0.39 is 24.5 Å². The highest BCUT2D eigenvalue weighted by atomic mass is 19.3. The number of nitrogens with zero attached hydrogens (tertiary/aromatic N) is 2. The summed E-state index contributed by atoms with van der Waals surface area (Å²) in [5.74, 6) is -1.93. The monoisotopic (exact) mass is 351 g/mol. The Hall–Kier alpha value is -2.90. The normalized spacial score (nSPS) is 11.7. The molecule has 0 amide bonds. The number of aromatic nitrogens is 2. The molecule has 3 aromatic rings. The van der Waals surface area contributed by atoms with Crippen LogP contribution < -0.4 is 4.74 Å². The summed E-state index contributed by atoms with van der Waals surface area (Å²) in [4.78, 5) is 11.0. The smallest absolute Gasteiger partial charge is 0.241 e. The van der Waals surface area contributed by atoms with E-state index in [9.17, 15) is 17.6 Å². The van der Waals surface area contributed by atoms with Crippen molar-refractivity contribution >= 4 is 22.9 Å². The second-order valence-electron chi connectivity index (χ2n) is 5.19. The van der Waals surface area contributed by atoms with Crippen LogP contribution in [0.15, 0.2) is 41.7 Å². The molecule has 0 radical (unpaired) electrons. The first-order valence-electron chi connectivity index (χ1n) is 7.40. The van der Waals surface area contributed by atoms with Crippen LogP contribution in [0.1, 0.15) is 12.0 Å². The Bertz CT molecular complexity index is 885. The summed E-state index contributed by atoms with van der Waals surface area (Å²) in [5.41, 5.74) is 1.65. The first-order valence-corrected chi connectivity index (χ1v) is 7.40. The second kappa shape index (κ2) is 7.33. The van der Waals surface area contributed by atoms with Crippen LogP contribution in [0.4, 0.5) is 23.2 Å². The van der Waals surface area contributed by atoms with Crippen molar-refractivity contribution in [3.63, 3.8) is 0 Å². The van der Waals surface area contributed by atoms with Gasteiger partial charge in [0, 0.05) is 24.8 Å². The number of hydrogen-bond donors (Lipinski definition) is 1. The number of ether oxygens (including phenoxy) is 1. The van der Waals surface area contributed by atoms with E-state index in [-0.39, 0.29) is 17.9 Å². The van der Waals surface area contributed by atoms with Crippen LogP contribution in [0.5, 0.6) is 5.75 Å². The standard InChI is InChI=1S/C17H13F4N3O/c18-13-6-11(25-4-3-17(20)21)7-14(19)12(13)8-22-10-1-2-15-16(5-10)24-9-23-15/h1-2,5-9,17H,3-4H2,(H,23,24). The Labute approximate surface area is 140 Å². The van der Waals surface area contributed by atoms with Gasteiger partial charge in [-0.1, -0.05) is 0 Å². The molecule has 0 bridgehead atoms. The molecule has 0 fully saturated rings. The molecule has 1 aromatic heterocycles. The number of hydrogen-bond acceptors (Lipinski definition) is 3. The lowest BCUT2D eigenvalue weighted by Crippen LogP contribution is -2.04. The van der Waals surface area contributed by atoms with E-state index in [0.29, 0.717) is 5.69 Å². The van der Waals surface area contributed by atoms with E-state index >= 15 is 0 Å². The van der Waals surface area contributed by atoms with Crippen molar-refractivity contribution in [3.05, 3.63) is 53.9 Å². The summed E-state index contributed by atoms with van der Waals surface area (Å²) >= 11 is 0. The molecule has 8 heteroatoms. The molecule has 0 aliphatic carbocycles. The number of alkyl halides is 2. The van der Waals surface area contributed by atoms with Crippen molar-refractivity contribution in [1.82, 2.24) is 9.97 Å². The number of halogens is 4. The number of fused-ring (bicyclic) bond motifs is 1. The third-order valence-corrected chi connectivity index (χ3v) is 3.40. The molecule has 25 heavy (non-hydrogen) atoms. The van der Waals surface area contributed by atoms with Gasteiger partial charge in [0.05, 0.1) is 35.2 Å². The zero-order valence-electron chi connectivity index (χ0n) is 12.8.